The van der Waals surface area contributed by atoms with Gasteiger partial charge in [-0.05, 0) is 44.6 Å². The predicted octanol–water partition coefficient (Wildman–Crippen LogP) is 2.72. The average molecular weight is 281 g/mol. The first-order valence-corrected chi connectivity index (χ1v) is 8.90. The Hall–Kier alpha value is -0.220. The van der Waals surface area contributed by atoms with Crippen LogP contribution >= 0.6 is 11.8 Å². The van der Waals surface area contributed by atoms with Crippen LogP contribution in [0.3, 0.4) is 0 Å². The number of hydrogen-bond acceptors (Lipinski definition) is 4. The molecule has 0 spiro atoms. The van der Waals surface area contributed by atoms with E-state index in [0.29, 0.717) is 12.1 Å². The van der Waals surface area contributed by atoms with Crippen LogP contribution in [0.25, 0.3) is 0 Å². The van der Waals surface area contributed by atoms with Crippen molar-refractivity contribution in [3.63, 3.8) is 0 Å². The van der Waals surface area contributed by atoms with Crippen molar-refractivity contribution >= 4 is 16.9 Å². The highest BCUT2D eigenvalue weighted by Crippen LogP contribution is 2.28. The summed E-state index contributed by atoms with van der Waals surface area (Å²) < 4.78 is 0. The molecule has 108 valence electrons. The molecule has 0 aromatic heterocycles. The van der Waals surface area contributed by atoms with E-state index in [1.807, 2.05) is 11.8 Å². The fourth-order valence-corrected chi connectivity index (χ4v) is 4.72. The van der Waals surface area contributed by atoms with Gasteiger partial charge in [-0.15, -0.1) is 0 Å². The van der Waals surface area contributed by atoms with Crippen molar-refractivity contribution < 1.29 is 0 Å². The van der Waals surface area contributed by atoms with E-state index in [1.165, 1.54) is 56.1 Å². The van der Waals surface area contributed by atoms with Gasteiger partial charge in [-0.25, -0.2) is 0 Å². The monoisotopic (exact) mass is 281 g/mol. The Morgan fingerprint density at radius 2 is 2.26 bits per heavy atom. The molecule has 19 heavy (non-hydrogen) atoms. The van der Waals surface area contributed by atoms with Crippen molar-refractivity contribution in [1.29, 1.82) is 0 Å². The van der Waals surface area contributed by atoms with Gasteiger partial charge in [0.15, 0.2) is 5.17 Å². The van der Waals surface area contributed by atoms with Crippen LogP contribution in [0.5, 0.6) is 0 Å². The molecule has 3 heterocycles. The molecule has 0 aromatic carbocycles. The van der Waals surface area contributed by atoms with Crippen LogP contribution in [0.2, 0.25) is 0 Å². The highest BCUT2D eigenvalue weighted by molar-refractivity contribution is 8.14. The molecule has 4 heteroatoms. The van der Waals surface area contributed by atoms with Crippen molar-refractivity contribution in [3.8, 4) is 0 Å². The van der Waals surface area contributed by atoms with Gasteiger partial charge in [-0.3, -0.25) is 4.99 Å². The second-order valence-corrected chi connectivity index (χ2v) is 7.73. The van der Waals surface area contributed by atoms with Gasteiger partial charge in [0.05, 0.1) is 6.04 Å². The molecule has 0 amide bonds. The number of hydrogen-bond donors (Lipinski definition) is 1. The molecule has 2 saturated heterocycles. The second kappa shape index (κ2) is 6.04. The van der Waals surface area contributed by atoms with E-state index in [-0.39, 0.29) is 0 Å². The first-order chi connectivity index (χ1) is 9.20. The fraction of sp³-hybridized carbons (Fsp3) is 0.933. The van der Waals surface area contributed by atoms with E-state index in [4.69, 9.17) is 4.99 Å². The van der Waals surface area contributed by atoms with Gasteiger partial charge in [0.1, 0.15) is 0 Å². The van der Waals surface area contributed by atoms with Crippen LogP contribution in [-0.2, 0) is 0 Å². The lowest BCUT2D eigenvalue weighted by Gasteiger charge is -2.35. The minimum atomic E-state index is 0.555. The molecule has 0 radical (unpaired) electrons. The van der Waals surface area contributed by atoms with Crippen LogP contribution < -0.4 is 5.32 Å². The third-order valence-electron chi connectivity index (χ3n) is 4.60. The molecule has 3 atom stereocenters. The maximum atomic E-state index is 4.86. The van der Waals surface area contributed by atoms with Crippen LogP contribution in [0.15, 0.2) is 4.99 Å². The van der Waals surface area contributed by atoms with E-state index in [2.05, 4.69) is 24.1 Å². The van der Waals surface area contributed by atoms with Gasteiger partial charge in [0.2, 0.25) is 0 Å². The van der Waals surface area contributed by atoms with Gasteiger partial charge in [0.25, 0.3) is 0 Å². The van der Waals surface area contributed by atoms with E-state index >= 15 is 0 Å². The molecular formula is C15H27N3S. The number of fused-ring (bicyclic) bond motifs is 1. The smallest absolute Gasteiger partial charge is 0.157 e. The van der Waals surface area contributed by atoms with Crippen molar-refractivity contribution in [2.75, 3.05) is 18.8 Å². The van der Waals surface area contributed by atoms with Crippen molar-refractivity contribution in [2.24, 2.45) is 10.9 Å². The highest BCUT2D eigenvalue weighted by atomic mass is 32.2. The number of nitrogens with zero attached hydrogens (tertiary/aromatic N) is 2. The summed E-state index contributed by atoms with van der Waals surface area (Å²) in [5.74, 6) is 1.94. The molecule has 0 bridgehead atoms. The fourth-order valence-electron chi connectivity index (χ4n) is 3.69. The molecule has 3 rings (SSSR count). The Labute approximate surface area is 121 Å². The topological polar surface area (TPSA) is 27.6 Å². The molecule has 0 saturated carbocycles. The normalized spacial score (nSPS) is 35.5. The summed E-state index contributed by atoms with van der Waals surface area (Å²) in [5, 5.41) is 4.94. The molecule has 0 aromatic rings. The molecule has 3 nitrogen and oxygen atoms in total. The van der Waals surface area contributed by atoms with Gasteiger partial charge >= 0.3 is 0 Å². The number of nitrogens with one attached hydrogen (secondary N) is 1. The van der Waals surface area contributed by atoms with Gasteiger partial charge < -0.3 is 10.2 Å². The van der Waals surface area contributed by atoms with Gasteiger partial charge in [0, 0.05) is 24.4 Å². The zero-order valence-electron chi connectivity index (χ0n) is 12.3. The van der Waals surface area contributed by atoms with Gasteiger partial charge in [-0.2, -0.15) is 0 Å². The zero-order chi connectivity index (χ0) is 13.2. The van der Waals surface area contributed by atoms with E-state index in [0.717, 1.165) is 12.0 Å². The number of piperidine rings is 1. The van der Waals surface area contributed by atoms with Crippen molar-refractivity contribution in [2.45, 2.75) is 64.1 Å². The lowest BCUT2D eigenvalue weighted by atomic mass is 9.98. The minimum Gasteiger partial charge on any atom is -0.362 e. The zero-order valence-corrected chi connectivity index (χ0v) is 13.1. The van der Waals surface area contributed by atoms with E-state index in [9.17, 15) is 0 Å². The van der Waals surface area contributed by atoms with Gasteiger partial charge in [-0.1, -0.05) is 25.6 Å². The summed E-state index contributed by atoms with van der Waals surface area (Å²) in [6.07, 6.45) is 6.68. The Bertz CT molecular complexity index is 342. The number of thioether (sulfide) groups is 1. The summed E-state index contributed by atoms with van der Waals surface area (Å²) in [7, 11) is 0. The standard InChI is InChI=1S/C15H27N3S/c1-11(2)8-13-10-19-15(17-13)16-12-5-7-18-6-3-4-14(18)9-12/h11-14H,3-10H2,1-2H3,(H,16,17). The van der Waals surface area contributed by atoms with Crippen LogP contribution in [0.4, 0.5) is 0 Å². The molecule has 3 aliphatic heterocycles. The van der Waals surface area contributed by atoms with Crippen LogP contribution in [0, 0.1) is 5.92 Å². The summed E-state index contributed by atoms with van der Waals surface area (Å²) in [5.41, 5.74) is 0. The molecular weight excluding hydrogens is 254 g/mol. The summed E-state index contributed by atoms with van der Waals surface area (Å²) >= 11 is 1.94. The molecule has 2 fully saturated rings. The second-order valence-electron chi connectivity index (χ2n) is 6.73. The predicted molar refractivity (Wildman–Crippen MR) is 83.9 cm³/mol. The molecule has 0 aliphatic carbocycles. The maximum Gasteiger partial charge on any atom is 0.157 e. The van der Waals surface area contributed by atoms with E-state index in [1.54, 1.807) is 0 Å². The van der Waals surface area contributed by atoms with Crippen molar-refractivity contribution in [1.82, 2.24) is 10.2 Å². The largest absolute Gasteiger partial charge is 0.362 e. The quantitative estimate of drug-likeness (QED) is 0.862. The average Bonchev–Trinajstić information content (AvgIpc) is 2.97. The SMILES string of the molecule is CC(C)CC1CSC(NC2CCN3CCCC3C2)=N1. The summed E-state index contributed by atoms with van der Waals surface area (Å²) in [4.78, 5) is 7.55. The number of amidine groups is 1. The minimum absolute atomic E-state index is 0.555. The Balaban J connectivity index is 1.49. The lowest BCUT2D eigenvalue weighted by molar-refractivity contribution is 0.175. The molecule has 3 unspecified atom stereocenters. The Morgan fingerprint density at radius 1 is 1.37 bits per heavy atom. The molecule has 1 N–H and O–H groups in total. The first-order valence-electron chi connectivity index (χ1n) is 7.92. The maximum absolute atomic E-state index is 4.86. The third kappa shape index (κ3) is 3.46. The Morgan fingerprint density at radius 3 is 3.11 bits per heavy atom. The number of rotatable bonds is 3. The number of aliphatic imine (C=N–C) groups is 1. The summed E-state index contributed by atoms with van der Waals surface area (Å²) in [6, 6.07) is 2.08. The highest BCUT2D eigenvalue weighted by Gasteiger charge is 2.32. The lowest BCUT2D eigenvalue weighted by Crippen LogP contribution is -2.46. The first kappa shape index (κ1) is 13.7. The summed E-state index contributed by atoms with van der Waals surface area (Å²) in [6.45, 7) is 7.21. The Kier molecular flexibility index (Phi) is 4.37. The third-order valence-corrected chi connectivity index (χ3v) is 5.65. The van der Waals surface area contributed by atoms with Crippen LogP contribution in [-0.4, -0.2) is 47.0 Å². The van der Waals surface area contributed by atoms with E-state index < -0.39 is 0 Å². The van der Waals surface area contributed by atoms with Crippen LogP contribution in [0.1, 0.15) is 46.0 Å². The van der Waals surface area contributed by atoms with Crippen molar-refractivity contribution in [3.05, 3.63) is 0 Å². The molecule has 3 aliphatic rings.